The van der Waals surface area contributed by atoms with Gasteiger partial charge in [0.05, 0.1) is 26.5 Å². The number of ether oxygens (including phenoxy) is 3. The summed E-state index contributed by atoms with van der Waals surface area (Å²) in [4.78, 5) is -0.299. The maximum Gasteiger partial charge on any atom is 0.265 e. The zero-order valence-corrected chi connectivity index (χ0v) is 18.4. The highest BCUT2D eigenvalue weighted by molar-refractivity contribution is 7.92. The molecule has 0 aliphatic carbocycles. The van der Waals surface area contributed by atoms with E-state index in [1.165, 1.54) is 58.6 Å². The Morgan fingerprint density at radius 1 is 0.897 bits per heavy atom. The molecule has 0 atom stereocenters. The number of benzene rings is 2. The van der Waals surface area contributed by atoms with Crippen LogP contribution in [0.15, 0.2) is 46.2 Å². The topological polar surface area (TPSA) is 111 Å². The average molecular weight is 445 g/mol. The van der Waals surface area contributed by atoms with E-state index < -0.39 is 20.0 Å². The highest BCUT2D eigenvalue weighted by Crippen LogP contribution is 2.33. The van der Waals surface area contributed by atoms with Crippen LogP contribution in [0.4, 0.5) is 5.69 Å². The van der Waals surface area contributed by atoms with Gasteiger partial charge in [-0.1, -0.05) is 0 Å². The highest BCUT2D eigenvalue weighted by Gasteiger charge is 2.25. The molecule has 0 radical (unpaired) electrons. The number of hydrogen-bond acceptors (Lipinski definition) is 7. The molecule has 0 saturated carbocycles. The van der Waals surface area contributed by atoms with Crippen LogP contribution in [-0.2, 0) is 20.0 Å². The molecule has 160 valence electrons. The summed E-state index contributed by atoms with van der Waals surface area (Å²) in [5.41, 5.74) is 0.0544. The Balaban J connectivity index is 2.54. The first-order valence-corrected chi connectivity index (χ1v) is 11.4. The Bertz CT molecular complexity index is 1080. The van der Waals surface area contributed by atoms with Crippen molar-refractivity contribution in [2.75, 3.05) is 39.6 Å². The van der Waals surface area contributed by atoms with Gasteiger partial charge >= 0.3 is 0 Å². The van der Waals surface area contributed by atoms with Gasteiger partial charge in [0.1, 0.15) is 27.0 Å². The minimum Gasteiger partial charge on any atom is -0.497 e. The lowest BCUT2D eigenvalue weighted by Crippen LogP contribution is -2.23. The van der Waals surface area contributed by atoms with Crippen molar-refractivity contribution in [2.24, 2.45) is 0 Å². The Kier molecular flexibility index (Phi) is 6.98. The second kappa shape index (κ2) is 8.89. The van der Waals surface area contributed by atoms with Gasteiger partial charge in [0.15, 0.2) is 0 Å². The average Bonchev–Trinajstić information content (AvgIpc) is 2.68. The van der Waals surface area contributed by atoms with Crippen molar-refractivity contribution < 1.29 is 31.0 Å². The zero-order chi connectivity index (χ0) is 21.8. The van der Waals surface area contributed by atoms with Gasteiger partial charge in [-0.2, -0.15) is 0 Å². The van der Waals surface area contributed by atoms with Gasteiger partial charge in [-0.05, 0) is 37.3 Å². The lowest BCUT2D eigenvalue weighted by molar-refractivity contribution is 0.330. The van der Waals surface area contributed by atoms with Crippen LogP contribution in [0.1, 0.15) is 6.92 Å². The summed E-state index contributed by atoms with van der Waals surface area (Å²) in [6.45, 7) is 1.97. The van der Waals surface area contributed by atoms with E-state index in [4.69, 9.17) is 14.2 Å². The Labute approximate surface area is 171 Å². The van der Waals surface area contributed by atoms with Crippen molar-refractivity contribution in [1.82, 2.24) is 4.31 Å². The van der Waals surface area contributed by atoms with Crippen molar-refractivity contribution in [3.05, 3.63) is 36.4 Å². The number of hydrogen-bond donors (Lipinski definition) is 1. The summed E-state index contributed by atoms with van der Waals surface area (Å²) in [5.74, 6) is 0.572. The van der Waals surface area contributed by atoms with Gasteiger partial charge in [-0.15, -0.1) is 0 Å². The molecule has 29 heavy (non-hydrogen) atoms. The summed E-state index contributed by atoms with van der Waals surface area (Å²) in [7, 11) is -2.45. The largest absolute Gasteiger partial charge is 0.497 e. The molecule has 0 fully saturated rings. The molecule has 2 rings (SSSR count). The van der Waals surface area contributed by atoms with Crippen LogP contribution < -0.4 is 18.9 Å². The predicted molar refractivity (Wildman–Crippen MR) is 109 cm³/mol. The van der Waals surface area contributed by atoms with E-state index >= 15 is 0 Å². The number of nitrogens with one attached hydrogen (secondary N) is 1. The molecule has 0 bridgehead atoms. The smallest absolute Gasteiger partial charge is 0.265 e. The first-order chi connectivity index (χ1) is 13.6. The van der Waals surface area contributed by atoms with Crippen LogP contribution in [0, 0.1) is 0 Å². The van der Waals surface area contributed by atoms with Crippen LogP contribution in [0.5, 0.6) is 17.2 Å². The maximum absolute atomic E-state index is 12.9. The van der Waals surface area contributed by atoms with E-state index in [1.807, 2.05) is 0 Å². The molecule has 0 aliphatic heterocycles. The quantitative estimate of drug-likeness (QED) is 0.631. The minimum absolute atomic E-state index is 0.0544. The molecule has 0 aromatic heterocycles. The van der Waals surface area contributed by atoms with Gasteiger partial charge in [-0.25, -0.2) is 21.1 Å². The van der Waals surface area contributed by atoms with Gasteiger partial charge in [-0.3, -0.25) is 4.72 Å². The van der Waals surface area contributed by atoms with E-state index in [0.717, 1.165) is 4.31 Å². The standard InChI is InChI=1S/C18H24N2O7S2/c1-6-27-16-9-7-13(11-18(16)29(23,24)20(2)3)19-28(21,22)17-12-14(25-4)8-10-15(17)26-5/h7-12,19H,6H2,1-5H3. The van der Waals surface area contributed by atoms with E-state index in [9.17, 15) is 16.8 Å². The van der Waals surface area contributed by atoms with Gasteiger partial charge < -0.3 is 14.2 Å². The second-order valence-electron chi connectivity index (χ2n) is 6.00. The number of rotatable bonds is 9. The molecule has 0 heterocycles. The molecule has 11 heteroatoms. The molecule has 1 N–H and O–H groups in total. The third-order valence-corrected chi connectivity index (χ3v) is 7.15. The zero-order valence-electron chi connectivity index (χ0n) is 16.8. The summed E-state index contributed by atoms with van der Waals surface area (Å²) >= 11 is 0. The summed E-state index contributed by atoms with van der Waals surface area (Å²) in [6.07, 6.45) is 0. The molecule has 0 unspecified atom stereocenters. The van der Waals surface area contributed by atoms with Crippen molar-refractivity contribution in [3.63, 3.8) is 0 Å². The lowest BCUT2D eigenvalue weighted by atomic mass is 10.3. The van der Waals surface area contributed by atoms with E-state index in [-0.39, 0.29) is 33.6 Å². The maximum atomic E-state index is 12.9. The molecule has 0 aliphatic rings. The fourth-order valence-corrected chi connectivity index (χ4v) is 4.73. The third kappa shape index (κ3) is 4.92. The monoisotopic (exact) mass is 444 g/mol. The molecule has 2 aromatic carbocycles. The minimum atomic E-state index is -4.10. The number of anilines is 1. The summed E-state index contributed by atoms with van der Waals surface area (Å²) in [5, 5.41) is 0. The predicted octanol–water partition coefficient (Wildman–Crippen LogP) is 2.15. The van der Waals surface area contributed by atoms with Gasteiger partial charge in [0, 0.05) is 20.2 Å². The SMILES string of the molecule is CCOc1ccc(NS(=O)(=O)c2cc(OC)ccc2OC)cc1S(=O)(=O)N(C)C. The molecule has 2 aromatic rings. The van der Waals surface area contributed by atoms with Crippen molar-refractivity contribution in [1.29, 1.82) is 0 Å². The Morgan fingerprint density at radius 3 is 2.10 bits per heavy atom. The molecule has 0 amide bonds. The Morgan fingerprint density at radius 2 is 1.55 bits per heavy atom. The van der Waals surface area contributed by atoms with E-state index in [2.05, 4.69) is 4.72 Å². The highest BCUT2D eigenvalue weighted by atomic mass is 32.2. The van der Waals surface area contributed by atoms with E-state index in [0.29, 0.717) is 5.75 Å². The number of nitrogens with zero attached hydrogens (tertiary/aromatic N) is 1. The number of sulfonamides is 2. The van der Waals surface area contributed by atoms with E-state index in [1.54, 1.807) is 13.0 Å². The third-order valence-electron chi connectivity index (χ3n) is 3.91. The lowest BCUT2D eigenvalue weighted by Gasteiger charge is -2.17. The fourth-order valence-electron chi connectivity index (χ4n) is 2.45. The van der Waals surface area contributed by atoms with Crippen molar-refractivity contribution >= 4 is 25.7 Å². The van der Waals surface area contributed by atoms with Crippen LogP contribution in [-0.4, -0.2) is 56.1 Å². The van der Waals surface area contributed by atoms with Crippen LogP contribution in [0.2, 0.25) is 0 Å². The summed E-state index contributed by atoms with van der Waals surface area (Å²) in [6, 6.07) is 8.38. The van der Waals surface area contributed by atoms with Gasteiger partial charge in [0.2, 0.25) is 10.0 Å². The van der Waals surface area contributed by atoms with Crippen LogP contribution >= 0.6 is 0 Å². The van der Waals surface area contributed by atoms with Crippen molar-refractivity contribution in [3.8, 4) is 17.2 Å². The molecule has 0 spiro atoms. The Hall–Kier alpha value is -2.50. The molecule has 9 nitrogen and oxygen atoms in total. The van der Waals surface area contributed by atoms with Crippen LogP contribution in [0.3, 0.4) is 0 Å². The summed E-state index contributed by atoms with van der Waals surface area (Å²) < 4.78 is 70.1. The van der Waals surface area contributed by atoms with Crippen molar-refractivity contribution in [2.45, 2.75) is 16.7 Å². The fraction of sp³-hybridized carbons (Fsp3) is 0.333. The normalized spacial score (nSPS) is 11.9. The first-order valence-electron chi connectivity index (χ1n) is 8.51. The second-order valence-corrected chi connectivity index (χ2v) is 9.78. The molecular weight excluding hydrogens is 420 g/mol. The van der Waals surface area contributed by atoms with Crippen LogP contribution in [0.25, 0.3) is 0 Å². The first kappa shape index (κ1) is 22.8. The van der Waals surface area contributed by atoms with Gasteiger partial charge in [0.25, 0.3) is 10.0 Å². The molecule has 0 saturated heterocycles. The number of methoxy groups -OCH3 is 2. The molecular formula is C18H24N2O7S2.